The van der Waals surface area contributed by atoms with Gasteiger partial charge in [0.1, 0.15) is 0 Å². The van der Waals surface area contributed by atoms with Crippen LogP contribution in [0, 0.1) is 27.7 Å². The van der Waals surface area contributed by atoms with Crippen LogP contribution in [0.25, 0.3) is 0 Å². The number of aromatic nitrogens is 2. The van der Waals surface area contributed by atoms with E-state index in [-0.39, 0.29) is 5.91 Å². The van der Waals surface area contributed by atoms with Crippen LogP contribution in [-0.4, -0.2) is 15.7 Å². The molecule has 1 heterocycles. The zero-order chi connectivity index (χ0) is 18.0. The molecule has 0 aliphatic rings. The fourth-order valence-electron chi connectivity index (χ4n) is 2.99. The van der Waals surface area contributed by atoms with Crippen LogP contribution in [0.1, 0.15) is 38.4 Å². The van der Waals surface area contributed by atoms with Crippen molar-refractivity contribution < 1.29 is 4.79 Å². The van der Waals surface area contributed by atoms with E-state index in [1.54, 1.807) is 0 Å². The Kier molecular flexibility index (Phi) is 4.70. The van der Waals surface area contributed by atoms with Crippen LogP contribution in [0.2, 0.25) is 0 Å². The average Bonchev–Trinajstić information content (AvgIpc) is 2.85. The first-order valence-corrected chi connectivity index (χ1v) is 8.43. The van der Waals surface area contributed by atoms with Gasteiger partial charge in [0.25, 0.3) is 5.91 Å². The Morgan fingerprint density at radius 2 is 1.60 bits per heavy atom. The van der Waals surface area contributed by atoms with Gasteiger partial charge in [-0.15, -0.1) is 0 Å². The third-order valence-electron chi connectivity index (χ3n) is 4.59. The van der Waals surface area contributed by atoms with Crippen LogP contribution in [0.3, 0.4) is 0 Å². The van der Waals surface area contributed by atoms with Crippen molar-refractivity contribution >= 4 is 11.6 Å². The Morgan fingerprint density at radius 3 is 2.28 bits per heavy atom. The topological polar surface area (TPSA) is 46.9 Å². The average molecular weight is 333 g/mol. The number of anilines is 1. The lowest BCUT2D eigenvalue weighted by Gasteiger charge is -2.10. The molecule has 25 heavy (non-hydrogen) atoms. The highest BCUT2D eigenvalue weighted by atomic mass is 16.1. The minimum atomic E-state index is -0.0975. The third kappa shape index (κ3) is 3.48. The Balaban J connectivity index is 1.86. The normalized spacial score (nSPS) is 10.7. The molecule has 0 aliphatic carbocycles. The molecule has 2 aromatic carbocycles. The summed E-state index contributed by atoms with van der Waals surface area (Å²) in [6, 6.07) is 15.9. The van der Waals surface area contributed by atoms with Crippen molar-refractivity contribution in [1.29, 1.82) is 0 Å². The third-order valence-corrected chi connectivity index (χ3v) is 4.59. The van der Waals surface area contributed by atoms with Gasteiger partial charge in [-0.05, 0) is 50.5 Å². The molecule has 0 unspecified atom stereocenters. The van der Waals surface area contributed by atoms with Gasteiger partial charge in [0.15, 0.2) is 0 Å². The van der Waals surface area contributed by atoms with Crippen molar-refractivity contribution in [3.63, 3.8) is 0 Å². The van der Waals surface area contributed by atoms with E-state index in [9.17, 15) is 4.79 Å². The zero-order valence-corrected chi connectivity index (χ0v) is 15.1. The van der Waals surface area contributed by atoms with Gasteiger partial charge in [-0.25, -0.2) is 0 Å². The number of nitrogens with zero attached hydrogens (tertiary/aromatic N) is 2. The summed E-state index contributed by atoms with van der Waals surface area (Å²) in [7, 11) is 0. The Morgan fingerprint density at radius 1 is 0.960 bits per heavy atom. The van der Waals surface area contributed by atoms with E-state index in [2.05, 4.69) is 29.5 Å². The van der Waals surface area contributed by atoms with Gasteiger partial charge >= 0.3 is 0 Å². The van der Waals surface area contributed by atoms with Crippen molar-refractivity contribution in [3.05, 3.63) is 82.2 Å². The van der Waals surface area contributed by atoms with Crippen LogP contribution in [0.4, 0.5) is 5.69 Å². The molecule has 1 N–H and O–H groups in total. The second kappa shape index (κ2) is 6.93. The van der Waals surface area contributed by atoms with Gasteiger partial charge in [0, 0.05) is 5.56 Å². The first-order valence-electron chi connectivity index (χ1n) is 8.43. The molecule has 0 radical (unpaired) electrons. The summed E-state index contributed by atoms with van der Waals surface area (Å²) in [6.07, 6.45) is 0. The maximum Gasteiger partial charge on any atom is 0.256 e. The molecule has 0 saturated heterocycles. The lowest BCUT2D eigenvalue weighted by molar-refractivity contribution is 0.102. The lowest BCUT2D eigenvalue weighted by Crippen LogP contribution is -2.14. The molecule has 3 rings (SSSR count). The van der Waals surface area contributed by atoms with E-state index in [0.717, 1.165) is 22.6 Å². The maximum absolute atomic E-state index is 12.6. The van der Waals surface area contributed by atoms with Crippen LogP contribution in [-0.2, 0) is 6.54 Å². The number of carbonyl (C=O) groups excluding carboxylic acids is 1. The Labute approximate surface area is 148 Å². The molecule has 4 nitrogen and oxygen atoms in total. The second-order valence-corrected chi connectivity index (χ2v) is 6.40. The first-order chi connectivity index (χ1) is 12.0. The van der Waals surface area contributed by atoms with Crippen LogP contribution >= 0.6 is 0 Å². The number of nitrogens with one attached hydrogen (secondary N) is 1. The van der Waals surface area contributed by atoms with Crippen LogP contribution < -0.4 is 5.32 Å². The predicted octanol–water partition coefficient (Wildman–Crippen LogP) is 4.42. The van der Waals surface area contributed by atoms with E-state index < -0.39 is 0 Å². The molecule has 0 aliphatic heterocycles. The fraction of sp³-hybridized carbons (Fsp3) is 0.238. The second-order valence-electron chi connectivity index (χ2n) is 6.40. The van der Waals surface area contributed by atoms with Crippen molar-refractivity contribution in [2.75, 3.05) is 5.32 Å². The largest absolute Gasteiger partial charge is 0.319 e. The highest BCUT2D eigenvalue weighted by molar-refractivity contribution is 6.05. The minimum Gasteiger partial charge on any atom is -0.319 e. The summed E-state index contributed by atoms with van der Waals surface area (Å²) in [6.45, 7) is 8.65. The van der Waals surface area contributed by atoms with Crippen molar-refractivity contribution in [1.82, 2.24) is 9.78 Å². The van der Waals surface area contributed by atoms with Gasteiger partial charge in [-0.3, -0.25) is 9.48 Å². The summed E-state index contributed by atoms with van der Waals surface area (Å²) in [5.41, 5.74) is 6.69. The van der Waals surface area contributed by atoms with E-state index in [0.29, 0.717) is 12.1 Å². The molecule has 4 heteroatoms. The molecule has 0 fully saturated rings. The molecule has 128 valence electrons. The molecule has 0 spiro atoms. The molecular weight excluding hydrogens is 310 g/mol. The molecular formula is C21H23N3O. The smallest absolute Gasteiger partial charge is 0.256 e. The van der Waals surface area contributed by atoms with E-state index in [1.807, 2.05) is 61.9 Å². The number of rotatable bonds is 4. The molecule has 1 aromatic heterocycles. The summed E-state index contributed by atoms with van der Waals surface area (Å²) in [5.74, 6) is -0.0975. The van der Waals surface area contributed by atoms with Crippen LogP contribution in [0.5, 0.6) is 0 Å². The number of hydrogen-bond acceptors (Lipinski definition) is 2. The monoisotopic (exact) mass is 333 g/mol. The summed E-state index contributed by atoms with van der Waals surface area (Å²) < 4.78 is 1.95. The fourth-order valence-corrected chi connectivity index (χ4v) is 2.99. The Bertz CT molecular complexity index is 925. The van der Waals surface area contributed by atoms with Crippen molar-refractivity contribution in [2.24, 2.45) is 0 Å². The quantitative estimate of drug-likeness (QED) is 0.768. The first kappa shape index (κ1) is 17.0. The van der Waals surface area contributed by atoms with Gasteiger partial charge in [0.05, 0.1) is 23.6 Å². The highest BCUT2D eigenvalue weighted by Crippen LogP contribution is 2.22. The van der Waals surface area contributed by atoms with E-state index in [4.69, 9.17) is 0 Å². The number of benzene rings is 2. The standard InChI is InChI=1S/C21H23N3O/c1-14-9-5-7-11-18(14)13-24-17(4)20(16(3)23-24)22-21(25)19-12-8-6-10-15(19)2/h5-12H,13H2,1-4H3,(H,22,25). The zero-order valence-electron chi connectivity index (χ0n) is 15.1. The number of amides is 1. The van der Waals surface area contributed by atoms with Crippen LogP contribution in [0.15, 0.2) is 48.5 Å². The van der Waals surface area contributed by atoms with E-state index in [1.165, 1.54) is 11.1 Å². The van der Waals surface area contributed by atoms with Gasteiger partial charge in [-0.2, -0.15) is 5.10 Å². The molecule has 3 aromatic rings. The van der Waals surface area contributed by atoms with Gasteiger partial charge in [-0.1, -0.05) is 42.5 Å². The van der Waals surface area contributed by atoms with Gasteiger partial charge in [0.2, 0.25) is 0 Å². The van der Waals surface area contributed by atoms with Crippen molar-refractivity contribution in [3.8, 4) is 0 Å². The Hall–Kier alpha value is -2.88. The maximum atomic E-state index is 12.6. The molecule has 0 atom stereocenters. The molecule has 1 amide bonds. The van der Waals surface area contributed by atoms with Crippen molar-refractivity contribution in [2.45, 2.75) is 34.2 Å². The lowest BCUT2D eigenvalue weighted by atomic mass is 10.1. The number of carbonyl (C=O) groups is 1. The van der Waals surface area contributed by atoms with E-state index >= 15 is 0 Å². The predicted molar refractivity (Wildman–Crippen MR) is 101 cm³/mol. The summed E-state index contributed by atoms with van der Waals surface area (Å²) >= 11 is 0. The SMILES string of the molecule is Cc1ccccc1Cn1nc(C)c(NC(=O)c2ccccc2C)c1C. The molecule has 0 bridgehead atoms. The number of hydrogen-bond donors (Lipinski definition) is 1. The summed E-state index contributed by atoms with van der Waals surface area (Å²) in [5, 5.41) is 7.65. The minimum absolute atomic E-state index is 0.0975. The number of aryl methyl sites for hydroxylation is 3. The highest BCUT2D eigenvalue weighted by Gasteiger charge is 2.16. The van der Waals surface area contributed by atoms with Gasteiger partial charge < -0.3 is 5.32 Å². The summed E-state index contributed by atoms with van der Waals surface area (Å²) in [4.78, 5) is 12.6. The molecule has 0 saturated carbocycles.